The highest BCUT2D eigenvalue weighted by Crippen LogP contribution is 2.29. The first-order chi connectivity index (χ1) is 10.3. The fraction of sp³-hybridized carbons (Fsp3) is 0.118. The second-order valence-corrected chi connectivity index (χ2v) is 5.57. The molecule has 0 fully saturated rings. The van der Waals surface area contributed by atoms with Crippen molar-refractivity contribution in [3.05, 3.63) is 70.3 Å². The maximum Gasteiger partial charge on any atom is 0.138 e. The van der Waals surface area contributed by atoms with Gasteiger partial charge in [-0.3, -0.25) is 0 Å². The standard InChI is InChI=1S/C17H15BrN2O/c18-15-6-3-5-13(10-19)17(15)21-11-14-9-8-12-4-1-2-7-16(12)20-14/h1-9H,10-11,19H2. The van der Waals surface area contributed by atoms with Gasteiger partial charge in [-0.05, 0) is 34.1 Å². The zero-order valence-corrected chi connectivity index (χ0v) is 13.0. The normalized spacial score (nSPS) is 10.8. The van der Waals surface area contributed by atoms with Crippen LogP contribution in [0.3, 0.4) is 0 Å². The lowest BCUT2D eigenvalue weighted by atomic mass is 10.2. The molecule has 1 heterocycles. The topological polar surface area (TPSA) is 48.1 Å². The average Bonchev–Trinajstić information content (AvgIpc) is 2.53. The summed E-state index contributed by atoms with van der Waals surface area (Å²) in [6.07, 6.45) is 0. The third-order valence-electron chi connectivity index (χ3n) is 3.29. The molecule has 4 heteroatoms. The van der Waals surface area contributed by atoms with Crippen molar-refractivity contribution in [3.63, 3.8) is 0 Å². The summed E-state index contributed by atoms with van der Waals surface area (Å²) >= 11 is 3.50. The van der Waals surface area contributed by atoms with Gasteiger partial charge < -0.3 is 10.5 Å². The summed E-state index contributed by atoms with van der Waals surface area (Å²) < 4.78 is 6.81. The number of nitrogens with zero attached hydrogens (tertiary/aromatic N) is 1. The number of hydrogen-bond donors (Lipinski definition) is 1. The van der Waals surface area contributed by atoms with E-state index in [0.29, 0.717) is 13.2 Å². The fourth-order valence-electron chi connectivity index (χ4n) is 2.21. The van der Waals surface area contributed by atoms with E-state index in [4.69, 9.17) is 10.5 Å². The van der Waals surface area contributed by atoms with Gasteiger partial charge in [0.05, 0.1) is 15.7 Å². The summed E-state index contributed by atoms with van der Waals surface area (Å²) in [4.78, 5) is 4.60. The van der Waals surface area contributed by atoms with E-state index in [0.717, 1.165) is 32.4 Å². The summed E-state index contributed by atoms with van der Waals surface area (Å²) in [5, 5.41) is 1.13. The fourth-order valence-corrected chi connectivity index (χ4v) is 2.73. The number of nitrogens with two attached hydrogens (primary N) is 1. The zero-order valence-electron chi connectivity index (χ0n) is 11.4. The van der Waals surface area contributed by atoms with Gasteiger partial charge in [-0.2, -0.15) is 0 Å². The predicted octanol–water partition coefficient (Wildman–Crippen LogP) is 4.04. The van der Waals surface area contributed by atoms with Crippen LogP contribution in [0.5, 0.6) is 5.75 Å². The largest absolute Gasteiger partial charge is 0.486 e. The van der Waals surface area contributed by atoms with Gasteiger partial charge in [0.2, 0.25) is 0 Å². The molecule has 3 aromatic rings. The Balaban J connectivity index is 1.83. The van der Waals surface area contributed by atoms with E-state index in [1.807, 2.05) is 48.5 Å². The summed E-state index contributed by atoms with van der Waals surface area (Å²) in [5.41, 5.74) is 8.60. The molecule has 3 rings (SSSR count). The Hall–Kier alpha value is -1.91. The Kier molecular flexibility index (Phi) is 4.18. The Morgan fingerprint density at radius 3 is 2.71 bits per heavy atom. The van der Waals surface area contributed by atoms with Crippen LogP contribution >= 0.6 is 15.9 Å². The molecule has 0 bridgehead atoms. The van der Waals surface area contributed by atoms with Crippen molar-refractivity contribution >= 4 is 26.8 Å². The highest BCUT2D eigenvalue weighted by atomic mass is 79.9. The highest BCUT2D eigenvalue weighted by Gasteiger charge is 2.07. The number of rotatable bonds is 4. The first kappa shape index (κ1) is 14.0. The summed E-state index contributed by atoms with van der Waals surface area (Å²) in [5.74, 6) is 0.787. The molecule has 2 aromatic carbocycles. The van der Waals surface area contributed by atoms with E-state index < -0.39 is 0 Å². The number of benzene rings is 2. The molecule has 0 amide bonds. The van der Waals surface area contributed by atoms with Crippen LogP contribution in [-0.2, 0) is 13.2 Å². The van der Waals surface area contributed by atoms with Crippen LogP contribution in [0.25, 0.3) is 10.9 Å². The second-order valence-electron chi connectivity index (χ2n) is 4.72. The molecule has 0 radical (unpaired) electrons. The van der Waals surface area contributed by atoms with Crippen LogP contribution < -0.4 is 10.5 Å². The van der Waals surface area contributed by atoms with Gasteiger partial charge >= 0.3 is 0 Å². The molecule has 0 aliphatic carbocycles. The van der Waals surface area contributed by atoms with Crippen molar-refractivity contribution in [2.75, 3.05) is 0 Å². The van der Waals surface area contributed by atoms with Gasteiger partial charge in [-0.1, -0.05) is 36.4 Å². The molecule has 0 aliphatic heterocycles. The molecule has 0 unspecified atom stereocenters. The van der Waals surface area contributed by atoms with Crippen molar-refractivity contribution in [2.24, 2.45) is 5.73 Å². The lowest BCUT2D eigenvalue weighted by molar-refractivity contribution is 0.296. The van der Waals surface area contributed by atoms with Crippen LogP contribution in [-0.4, -0.2) is 4.98 Å². The average molecular weight is 343 g/mol. The monoisotopic (exact) mass is 342 g/mol. The maximum absolute atomic E-state index is 5.90. The van der Waals surface area contributed by atoms with Gasteiger partial charge in [0, 0.05) is 17.5 Å². The number of ether oxygens (including phenoxy) is 1. The quantitative estimate of drug-likeness (QED) is 0.778. The predicted molar refractivity (Wildman–Crippen MR) is 88.1 cm³/mol. The maximum atomic E-state index is 5.90. The molecule has 0 saturated heterocycles. The Bertz CT molecular complexity index is 774. The van der Waals surface area contributed by atoms with Gasteiger partial charge in [-0.25, -0.2) is 4.98 Å². The van der Waals surface area contributed by atoms with E-state index in [2.05, 4.69) is 27.0 Å². The van der Waals surface area contributed by atoms with Gasteiger partial charge in [0.15, 0.2) is 0 Å². The number of hydrogen-bond acceptors (Lipinski definition) is 3. The first-order valence-electron chi connectivity index (χ1n) is 6.73. The van der Waals surface area contributed by atoms with Crippen LogP contribution in [0.1, 0.15) is 11.3 Å². The van der Waals surface area contributed by atoms with Crippen molar-refractivity contribution in [1.82, 2.24) is 4.98 Å². The van der Waals surface area contributed by atoms with Crippen molar-refractivity contribution < 1.29 is 4.74 Å². The van der Waals surface area contributed by atoms with Crippen molar-refractivity contribution in [2.45, 2.75) is 13.2 Å². The third kappa shape index (κ3) is 3.06. The second kappa shape index (κ2) is 6.24. The molecule has 1 aromatic heterocycles. The van der Waals surface area contributed by atoms with Crippen molar-refractivity contribution in [1.29, 1.82) is 0 Å². The van der Waals surface area contributed by atoms with Gasteiger partial charge in [0.25, 0.3) is 0 Å². The Morgan fingerprint density at radius 1 is 1.00 bits per heavy atom. The summed E-state index contributed by atoms with van der Waals surface area (Å²) in [6.45, 7) is 0.861. The number of aromatic nitrogens is 1. The highest BCUT2D eigenvalue weighted by molar-refractivity contribution is 9.10. The smallest absolute Gasteiger partial charge is 0.138 e. The molecule has 0 spiro atoms. The van der Waals surface area contributed by atoms with E-state index in [-0.39, 0.29) is 0 Å². The molecule has 0 saturated carbocycles. The zero-order chi connectivity index (χ0) is 14.7. The number of para-hydroxylation sites is 2. The van der Waals surface area contributed by atoms with Crippen LogP contribution in [0.15, 0.2) is 59.1 Å². The van der Waals surface area contributed by atoms with Crippen LogP contribution in [0.2, 0.25) is 0 Å². The molecule has 0 atom stereocenters. The minimum Gasteiger partial charge on any atom is -0.486 e. The Labute approximate surface area is 131 Å². The van der Waals surface area contributed by atoms with E-state index in [1.54, 1.807) is 0 Å². The molecule has 106 valence electrons. The molecular weight excluding hydrogens is 328 g/mol. The molecule has 2 N–H and O–H groups in total. The summed E-state index contributed by atoms with van der Waals surface area (Å²) in [6, 6.07) is 18.0. The SMILES string of the molecule is NCc1cccc(Br)c1OCc1ccc2ccccc2n1. The van der Waals surface area contributed by atoms with E-state index >= 15 is 0 Å². The molecule has 21 heavy (non-hydrogen) atoms. The lowest BCUT2D eigenvalue weighted by Gasteiger charge is -2.12. The first-order valence-corrected chi connectivity index (χ1v) is 7.52. The third-order valence-corrected chi connectivity index (χ3v) is 3.91. The molecule has 3 nitrogen and oxygen atoms in total. The Morgan fingerprint density at radius 2 is 1.86 bits per heavy atom. The van der Waals surface area contributed by atoms with E-state index in [9.17, 15) is 0 Å². The minimum absolute atomic E-state index is 0.417. The summed E-state index contributed by atoms with van der Waals surface area (Å²) in [7, 11) is 0. The van der Waals surface area contributed by atoms with Crippen molar-refractivity contribution in [3.8, 4) is 5.75 Å². The number of fused-ring (bicyclic) bond motifs is 1. The number of pyridine rings is 1. The molecular formula is C17H15BrN2O. The lowest BCUT2D eigenvalue weighted by Crippen LogP contribution is -2.04. The van der Waals surface area contributed by atoms with Crippen LogP contribution in [0.4, 0.5) is 0 Å². The number of halogens is 1. The van der Waals surface area contributed by atoms with Gasteiger partial charge in [-0.15, -0.1) is 0 Å². The van der Waals surface area contributed by atoms with Crippen LogP contribution in [0, 0.1) is 0 Å². The van der Waals surface area contributed by atoms with Gasteiger partial charge in [0.1, 0.15) is 12.4 Å². The molecule has 0 aliphatic rings. The minimum atomic E-state index is 0.417. The van der Waals surface area contributed by atoms with E-state index in [1.165, 1.54) is 0 Å².